The molecule has 2 rings (SSSR count). The van der Waals surface area contributed by atoms with E-state index in [9.17, 15) is 5.11 Å². The quantitative estimate of drug-likeness (QED) is 0.866. The van der Waals surface area contributed by atoms with E-state index in [0.29, 0.717) is 5.33 Å². The molecule has 0 spiro atoms. The van der Waals surface area contributed by atoms with Crippen molar-refractivity contribution in [1.29, 1.82) is 0 Å². The smallest absolute Gasteiger partial charge is 0.245 e. The van der Waals surface area contributed by atoms with Crippen molar-refractivity contribution in [3.05, 3.63) is 23.8 Å². The second-order valence-corrected chi connectivity index (χ2v) is 4.10. The van der Waals surface area contributed by atoms with E-state index in [1.807, 2.05) is 18.2 Å². The number of hydrogen-bond donors (Lipinski definition) is 1. The fourth-order valence-corrected chi connectivity index (χ4v) is 2.19. The van der Waals surface area contributed by atoms with Gasteiger partial charge in [-0.3, -0.25) is 0 Å². The van der Waals surface area contributed by atoms with Gasteiger partial charge in [-0.15, -0.1) is 0 Å². The van der Waals surface area contributed by atoms with E-state index in [4.69, 9.17) is 4.74 Å². The molecule has 0 aliphatic carbocycles. The summed E-state index contributed by atoms with van der Waals surface area (Å²) >= 11 is 3.41. The summed E-state index contributed by atoms with van der Waals surface area (Å²) in [7, 11) is 3.27. The number of aliphatic hydroxyl groups is 1. The number of anilines is 1. The summed E-state index contributed by atoms with van der Waals surface area (Å²) in [5.41, 5.74) is 1.69. The van der Waals surface area contributed by atoms with Gasteiger partial charge < -0.3 is 9.84 Å². The monoisotopic (exact) mass is 300 g/mol. The predicted octanol–water partition coefficient (Wildman–Crippen LogP) is 1.90. The van der Waals surface area contributed by atoms with Crippen molar-refractivity contribution in [2.45, 2.75) is 11.7 Å². The molecule has 0 fully saturated rings. The van der Waals surface area contributed by atoms with E-state index in [-0.39, 0.29) is 0 Å². The van der Waals surface area contributed by atoms with E-state index < -0.39 is 6.35 Å². The van der Waals surface area contributed by atoms with Gasteiger partial charge in [-0.05, 0) is 22.6 Å². The van der Waals surface area contributed by atoms with Gasteiger partial charge in [0, 0.05) is 17.9 Å². The van der Waals surface area contributed by atoms with Crippen LogP contribution in [-0.4, -0.2) is 30.6 Å². The minimum atomic E-state index is -0.889. The van der Waals surface area contributed by atoms with Crippen LogP contribution in [0.3, 0.4) is 0 Å². The first-order valence-electron chi connectivity index (χ1n) is 5.02. The third-order valence-corrected chi connectivity index (χ3v) is 3.10. The van der Waals surface area contributed by atoms with E-state index in [1.54, 1.807) is 14.2 Å². The minimum Gasteiger partial charge on any atom is -0.496 e. The van der Waals surface area contributed by atoms with Gasteiger partial charge in [0.05, 0.1) is 12.8 Å². The zero-order valence-corrected chi connectivity index (χ0v) is 11.1. The van der Waals surface area contributed by atoms with Crippen LogP contribution < -0.4 is 9.75 Å². The molecule has 1 N–H and O–H groups in total. The van der Waals surface area contributed by atoms with Crippen molar-refractivity contribution in [2.75, 3.05) is 19.2 Å². The van der Waals surface area contributed by atoms with Crippen LogP contribution in [0.2, 0.25) is 0 Å². The molecule has 1 heterocycles. The zero-order valence-electron chi connectivity index (χ0n) is 9.54. The van der Waals surface area contributed by atoms with Gasteiger partial charge >= 0.3 is 0 Å². The standard InChI is InChI=1S/C10H13BrN4O2/c1-14-10(16)15(13-12-14)8-4-3-5-9(17-2)7(8)6-11/h3-5,10,16H,6H2,1-2H3. The Morgan fingerprint density at radius 3 is 2.76 bits per heavy atom. The van der Waals surface area contributed by atoms with Crippen molar-refractivity contribution in [1.82, 2.24) is 5.01 Å². The fraction of sp³-hybridized carbons (Fsp3) is 0.400. The van der Waals surface area contributed by atoms with Crippen LogP contribution in [0.1, 0.15) is 5.56 Å². The van der Waals surface area contributed by atoms with Crippen LogP contribution >= 0.6 is 15.9 Å². The summed E-state index contributed by atoms with van der Waals surface area (Å²) in [6, 6.07) is 5.57. The first-order chi connectivity index (χ1) is 8.19. The lowest BCUT2D eigenvalue weighted by atomic mass is 10.1. The largest absolute Gasteiger partial charge is 0.496 e. The maximum absolute atomic E-state index is 9.90. The number of nitrogens with zero attached hydrogens (tertiary/aromatic N) is 4. The number of halogens is 1. The van der Waals surface area contributed by atoms with Crippen LogP contribution in [0.15, 0.2) is 28.6 Å². The van der Waals surface area contributed by atoms with Gasteiger partial charge in [0.15, 0.2) is 0 Å². The molecule has 0 saturated carbocycles. The topological polar surface area (TPSA) is 60.7 Å². The summed E-state index contributed by atoms with van der Waals surface area (Å²) in [6.07, 6.45) is -0.889. The van der Waals surface area contributed by atoms with Gasteiger partial charge in [-0.1, -0.05) is 22.0 Å². The second kappa shape index (κ2) is 4.89. The summed E-state index contributed by atoms with van der Waals surface area (Å²) in [5, 5.41) is 21.0. The first-order valence-corrected chi connectivity index (χ1v) is 6.14. The molecule has 1 atom stereocenters. The number of alkyl halides is 1. The Morgan fingerprint density at radius 2 is 2.24 bits per heavy atom. The lowest BCUT2D eigenvalue weighted by Gasteiger charge is -2.23. The Hall–Kier alpha value is -1.34. The molecule has 0 radical (unpaired) electrons. The maximum Gasteiger partial charge on any atom is 0.245 e. The molecular formula is C10H13BrN4O2. The molecule has 1 unspecified atom stereocenters. The third kappa shape index (κ3) is 2.07. The highest BCUT2D eigenvalue weighted by molar-refractivity contribution is 9.08. The number of methoxy groups -OCH3 is 1. The van der Waals surface area contributed by atoms with Crippen molar-refractivity contribution in [3.8, 4) is 5.75 Å². The highest BCUT2D eigenvalue weighted by atomic mass is 79.9. The van der Waals surface area contributed by atoms with Gasteiger partial charge in [-0.2, -0.15) is 5.01 Å². The van der Waals surface area contributed by atoms with Gasteiger partial charge in [-0.25, -0.2) is 5.01 Å². The van der Waals surface area contributed by atoms with E-state index in [1.165, 1.54) is 10.0 Å². The third-order valence-electron chi connectivity index (χ3n) is 2.54. The zero-order chi connectivity index (χ0) is 12.4. The van der Waals surface area contributed by atoms with Crippen molar-refractivity contribution >= 4 is 21.6 Å². The van der Waals surface area contributed by atoms with Gasteiger partial charge in [0.2, 0.25) is 6.35 Å². The average Bonchev–Trinajstić information content (AvgIpc) is 2.69. The number of benzene rings is 1. The molecule has 1 aromatic rings. The molecule has 1 aliphatic heterocycles. The lowest BCUT2D eigenvalue weighted by molar-refractivity contribution is 0.0457. The molecule has 6 nitrogen and oxygen atoms in total. The summed E-state index contributed by atoms with van der Waals surface area (Å²) in [6.45, 7) is 0. The Labute approximate surface area is 108 Å². The normalized spacial score (nSPS) is 18.9. The minimum absolute atomic E-state index is 0.606. The Morgan fingerprint density at radius 1 is 1.47 bits per heavy atom. The van der Waals surface area contributed by atoms with Crippen LogP contribution in [0.25, 0.3) is 0 Å². The van der Waals surface area contributed by atoms with Crippen molar-refractivity contribution in [3.63, 3.8) is 0 Å². The van der Waals surface area contributed by atoms with E-state index >= 15 is 0 Å². The van der Waals surface area contributed by atoms with Gasteiger partial charge in [0.1, 0.15) is 5.75 Å². The fourth-order valence-electron chi connectivity index (χ4n) is 1.62. The molecule has 92 valence electrons. The Kier molecular flexibility index (Phi) is 3.49. The lowest BCUT2D eigenvalue weighted by Crippen LogP contribution is -2.36. The average molecular weight is 301 g/mol. The molecule has 1 aromatic carbocycles. The molecule has 17 heavy (non-hydrogen) atoms. The molecular weight excluding hydrogens is 288 g/mol. The number of aliphatic hydroxyl groups excluding tert-OH is 1. The summed E-state index contributed by atoms with van der Waals surface area (Å²) in [4.78, 5) is 0. The Bertz CT molecular complexity index is 440. The van der Waals surface area contributed by atoms with Crippen LogP contribution in [0.4, 0.5) is 5.69 Å². The van der Waals surface area contributed by atoms with Crippen LogP contribution in [0.5, 0.6) is 5.75 Å². The molecule has 0 saturated heterocycles. The molecule has 1 aliphatic rings. The SMILES string of the molecule is COc1cccc(N2N=NN(C)C2O)c1CBr. The maximum atomic E-state index is 9.90. The highest BCUT2D eigenvalue weighted by Gasteiger charge is 2.28. The van der Waals surface area contributed by atoms with Crippen molar-refractivity contribution in [2.24, 2.45) is 10.4 Å². The molecule has 0 bridgehead atoms. The predicted molar refractivity (Wildman–Crippen MR) is 66.7 cm³/mol. The summed E-state index contributed by atoms with van der Waals surface area (Å²) < 4.78 is 5.27. The van der Waals surface area contributed by atoms with Gasteiger partial charge in [0.25, 0.3) is 0 Å². The number of ether oxygens (including phenoxy) is 1. The Balaban J connectivity index is 2.42. The highest BCUT2D eigenvalue weighted by Crippen LogP contribution is 2.34. The molecule has 0 amide bonds. The van der Waals surface area contributed by atoms with E-state index in [2.05, 4.69) is 26.4 Å². The molecule has 7 heteroatoms. The summed E-state index contributed by atoms with van der Waals surface area (Å²) in [5.74, 6) is 0.747. The van der Waals surface area contributed by atoms with Crippen LogP contribution in [0, 0.1) is 0 Å². The number of rotatable bonds is 3. The number of hydrogen-bond acceptors (Lipinski definition) is 6. The molecule has 0 aromatic heterocycles. The van der Waals surface area contributed by atoms with E-state index in [0.717, 1.165) is 17.0 Å². The second-order valence-electron chi connectivity index (χ2n) is 3.54. The van der Waals surface area contributed by atoms with Crippen LogP contribution in [-0.2, 0) is 5.33 Å². The first kappa shape index (κ1) is 12.1. The van der Waals surface area contributed by atoms with Crippen molar-refractivity contribution < 1.29 is 9.84 Å².